The van der Waals surface area contributed by atoms with Crippen molar-refractivity contribution in [3.05, 3.63) is 65.7 Å². The molecule has 1 saturated heterocycles. The molecule has 2 unspecified atom stereocenters. The Hall–Kier alpha value is -3.80. The fraction of sp³-hybridized carbons (Fsp3) is 0.273. The van der Waals surface area contributed by atoms with E-state index in [9.17, 15) is 28.4 Å². The van der Waals surface area contributed by atoms with E-state index in [1.54, 1.807) is 24.3 Å². The maximum Gasteiger partial charge on any atom is 0.254 e. The quantitative estimate of drug-likeness (QED) is 0.795. The lowest BCUT2D eigenvalue weighted by Crippen LogP contribution is -2.43. The fourth-order valence-electron chi connectivity index (χ4n) is 3.40. The summed E-state index contributed by atoms with van der Waals surface area (Å²) in [5.74, 6) is -4.29. The number of para-hydroxylation sites is 1. The highest BCUT2D eigenvalue weighted by Gasteiger charge is 2.39. The lowest BCUT2D eigenvalue weighted by molar-refractivity contribution is -0.131. The van der Waals surface area contributed by atoms with E-state index in [1.807, 2.05) is 12.1 Å². The molecule has 0 saturated carbocycles. The summed E-state index contributed by atoms with van der Waals surface area (Å²) in [6, 6.07) is 12.8. The van der Waals surface area contributed by atoms with E-state index in [4.69, 9.17) is 0 Å². The number of hydrogen-bond acceptors (Lipinski definition) is 4. The monoisotopic (exact) mass is 426 g/mol. The zero-order valence-corrected chi connectivity index (χ0v) is 16.7. The summed E-state index contributed by atoms with van der Waals surface area (Å²) in [5, 5.41) is 12.2. The van der Waals surface area contributed by atoms with Crippen LogP contribution in [0.3, 0.4) is 0 Å². The summed E-state index contributed by atoms with van der Waals surface area (Å²) in [7, 11) is 1.35. The Morgan fingerprint density at radius 1 is 1.16 bits per heavy atom. The maximum absolute atomic E-state index is 13.4. The van der Waals surface area contributed by atoms with Gasteiger partial charge in [0.1, 0.15) is 6.04 Å². The molecule has 0 bridgehead atoms. The molecule has 0 radical (unpaired) electrons. The smallest absolute Gasteiger partial charge is 0.254 e. The van der Waals surface area contributed by atoms with Crippen LogP contribution in [0.2, 0.25) is 0 Å². The van der Waals surface area contributed by atoms with E-state index in [0.29, 0.717) is 5.69 Å². The molecular formula is C22H20F2N4O3. The van der Waals surface area contributed by atoms with Crippen LogP contribution in [0.4, 0.5) is 14.5 Å². The number of likely N-dealkylation sites (tertiary alicyclic amines) is 1. The second-order valence-electron chi connectivity index (χ2n) is 7.27. The van der Waals surface area contributed by atoms with Crippen LogP contribution in [-0.4, -0.2) is 53.7 Å². The standard InChI is InChI=1S/C22H20F2N4O3/c1-27(22(31)14-7-8-18(23)19(24)10-14)13-20(29)28-12-15(9-17(28)11-25)21(30)26-16-5-3-2-4-6-16/h2-8,10,15,17H,9,12-13H2,1H3,(H,26,30). The minimum atomic E-state index is -1.16. The average molecular weight is 426 g/mol. The van der Waals surface area contributed by atoms with Gasteiger partial charge in [-0.1, -0.05) is 18.2 Å². The summed E-state index contributed by atoms with van der Waals surface area (Å²) in [5.41, 5.74) is 0.509. The first-order chi connectivity index (χ1) is 14.8. The Morgan fingerprint density at radius 2 is 1.87 bits per heavy atom. The van der Waals surface area contributed by atoms with E-state index >= 15 is 0 Å². The van der Waals surface area contributed by atoms with Crippen molar-refractivity contribution in [1.82, 2.24) is 9.80 Å². The number of nitriles is 1. The Labute approximate surface area is 177 Å². The molecule has 1 heterocycles. The molecule has 0 aliphatic carbocycles. The zero-order chi connectivity index (χ0) is 22.5. The third-order valence-corrected chi connectivity index (χ3v) is 5.07. The van der Waals surface area contributed by atoms with Crippen LogP contribution in [0, 0.1) is 28.9 Å². The molecule has 160 valence electrons. The molecule has 3 rings (SSSR count). The molecular weight excluding hydrogens is 406 g/mol. The molecule has 1 aliphatic rings. The third-order valence-electron chi connectivity index (χ3n) is 5.07. The van der Waals surface area contributed by atoms with Gasteiger partial charge in [-0.3, -0.25) is 14.4 Å². The summed E-state index contributed by atoms with van der Waals surface area (Å²) in [6.07, 6.45) is 0.182. The van der Waals surface area contributed by atoms with Crippen LogP contribution in [-0.2, 0) is 9.59 Å². The maximum atomic E-state index is 13.4. The lowest BCUT2D eigenvalue weighted by Gasteiger charge is -2.24. The SMILES string of the molecule is CN(CC(=O)N1CC(C(=O)Nc2ccccc2)CC1C#N)C(=O)c1ccc(F)c(F)c1. The van der Waals surface area contributed by atoms with Gasteiger partial charge in [0.25, 0.3) is 5.91 Å². The number of amides is 3. The van der Waals surface area contributed by atoms with Crippen molar-refractivity contribution in [3.8, 4) is 6.07 Å². The van der Waals surface area contributed by atoms with Gasteiger partial charge in [-0.15, -0.1) is 0 Å². The molecule has 1 aliphatic heterocycles. The van der Waals surface area contributed by atoms with Crippen LogP contribution >= 0.6 is 0 Å². The van der Waals surface area contributed by atoms with Gasteiger partial charge in [0.15, 0.2) is 11.6 Å². The van der Waals surface area contributed by atoms with Crippen molar-refractivity contribution in [2.75, 3.05) is 25.5 Å². The molecule has 2 aromatic carbocycles. The van der Waals surface area contributed by atoms with Crippen molar-refractivity contribution >= 4 is 23.4 Å². The Morgan fingerprint density at radius 3 is 2.52 bits per heavy atom. The molecule has 7 nitrogen and oxygen atoms in total. The van der Waals surface area contributed by atoms with Crippen LogP contribution < -0.4 is 5.32 Å². The number of likely N-dealkylation sites (N-methyl/N-ethyl adjacent to an activating group) is 1. The predicted molar refractivity (Wildman–Crippen MR) is 108 cm³/mol. The first kappa shape index (κ1) is 21.9. The molecule has 2 atom stereocenters. The first-order valence-corrected chi connectivity index (χ1v) is 9.55. The van der Waals surface area contributed by atoms with Crippen LogP contribution in [0.15, 0.2) is 48.5 Å². The van der Waals surface area contributed by atoms with Gasteiger partial charge in [0.2, 0.25) is 11.8 Å². The van der Waals surface area contributed by atoms with Gasteiger partial charge < -0.3 is 15.1 Å². The molecule has 2 aromatic rings. The van der Waals surface area contributed by atoms with Crippen molar-refractivity contribution < 1.29 is 23.2 Å². The Bertz CT molecular complexity index is 1040. The number of nitrogens with one attached hydrogen (secondary N) is 1. The van der Waals surface area contributed by atoms with Crippen molar-refractivity contribution in [2.45, 2.75) is 12.5 Å². The van der Waals surface area contributed by atoms with E-state index in [1.165, 1.54) is 11.9 Å². The summed E-state index contributed by atoms with van der Waals surface area (Å²) in [6.45, 7) is -0.327. The number of benzene rings is 2. The summed E-state index contributed by atoms with van der Waals surface area (Å²) < 4.78 is 26.5. The normalized spacial score (nSPS) is 17.7. The predicted octanol–water partition coefficient (Wildman–Crippen LogP) is 2.42. The molecule has 0 spiro atoms. The Kier molecular flexibility index (Phi) is 6.60. The van der Waals surface area contributed by atoms with Gasteiger partial charge in [-0.2, -0.15) is 5.26 Å². The molecule has 3 amide bonds. The topological polar surface area (TPSA) is 93.5 Å². The number of carbonyl (C=O) groups is 3. The number of nitrogens with zero attached hydrogens (tertiary/aromatic N) is 3. The van der Waals surface area contributed by atoms with Crippen molar-refractivity contribution in [1.29, 1.82) is 5.26 Å². The van der Waals surface area contributed by atoms with Gasteiger partial charge >= 0.3 is 0 Å². The van der Waals surface area contributed by atoms with E-state index < -0.39 is 35.4 Å². The van der Waals surface area contributed by atoms with Crippen molar-refractivity contribution in [3.63, 3.8) is 0 Å². The number of anilines is 1. The van der Waals surface area contributed by atoms with Gasteiger partial charge in [-0.25, -0.2) is 8.78 Å². The number of carbonyl (C=O) groups excluding carboxylic acids is 3. The minimum absolute atomic E-state index is 0.0446. The summed E-state index contributed by atoms with van der Waals surface area (Å²) >= 11 is 0. The van der Waals surface area contributed by atoms with Crippen LogP contribution in [0.25, 0.3) is 0 Å². The second kappa shape index (κ2) is 9.34. The third kappa shape index (κ3) is 5.04. The Balaban J connectivity index is 1.63. The minimum Gasteiger partial charge on any atom is -0.332 e. The van der Waals surface area contributed by atoms with Crippen LogP contribution in [0.5, 0.6) is 0 Å². The van der Waals surface area contributed by atoms with E-state index in [-0.39, 0.29) is 31.0 Å². The molecule has 1 N–H and O–H groups in total. The molecule has 31 heavy (non-hydrogen) atoms. The van der Waals surface area contributed by atoms with Gasteiger partial charge in [0.05, 0.1) is 18.5 Å². The van der Waals surface area contributed by atoms with Crippen LogP contribution in [0.1, 0.15) is 16.8 Å². The second-order valence-corrected chi connectivity index (χ2v) is 7.27. The van der Waals surface area contributed by atoms with E-state index in [0.717, 1.165) is 23.1 Å². The van der Waals surface area contributed by atoms with Gasteiger partial charge in [0, 0.05) is 24.8 Å². The van der Waals surface area contributed by atoms with Crippen molar-refractivity contribution in [2.24, 2.45) is 5.92 Å². The first-order valence-electron chi connectivity index (χ1n) is 9.55. The largest absolute Gasteiger partial charge is 0.332 e. The fourth-order valence-corrected chi connectivity index (χ4v) is 3.40. The lowest BCUT2D eigenvalue weighted by atomic mass is 10.1. The van der Waals surface area contributed by atoms with E-state index in [2.05, 4.69) is 5.32 Å². The molecule has 1 fully saturated rings. The highest BCUT2D eigenvalue weighted by atomic mass is 19.2. The highest BCUT2D eigenvalue weighted by Crippen LogP contribution is 2.25. The molecule has 9 heteroatoms. The number of rotatable bonds is 5. The highest BCUT2D eigenvalue weighted by molar-refractivity contribution is 5.97. The average Bonchev–Trinajstić information content (AvgIpc) is 3.20. The number of hydrogen-bond donors (Lipinski definition) is 1. The van der Waals surface area contributed by atoms with Gasteiger partial charge in [-0.05, 0) is 36.8 Å². The summed E-state index contributed by atoms with van der Waals surface area (Å²) in [4.78, 5) is 40.0. The number of halogens is 2. The molecule has 0 aromatic heterocycles. The zero-order valence-electron chi connectivity index (χ0n) is 16.7.